The van der Waals surface area contributed by atoms with Crippen LogP contribution in [-0.4, -0.2) is 14.6 Å². The molecule has 0 atom stereocenters. The number of rotatable bonds is 4. The Bertz CT molecular complexity index is 726. The number of hydrogen-bond donors (Lipinski definition) is 0. The van der Waals surface area contributed by atoms with Gasteiger partial charge in [-0.2, -0.15) is 0 Å². The van der Waals surface area contributed by atoms with E-state index in [4.69, 9.17) is 0 Å². The molecule has 0 unspecified atom stereocenters. The Morgan fingerprint density at radius 3 is 1.64 bits per heavy atom. The number of carbonyl (C=O) groups is 1. The van der Waals surface area contributed by atoms with Gasteiger partial charge in [0.05, 0.1) is 0 Å². The zero-order valence-corrected chi connectivity index (χ0v) is 13.5. The molecule has 0 bridgehead atoms. The first kappa shape index (κ1) is 14.5. The largest absolute Gasteiger partial charge is 0.295 e. The number of hydrogen-bond acceptors (Lipinski definition) is 1. The maximum absolute atomic E-state index is 12.0. The van der Waals surface area contributed by atoms with E-state index >= 15 is 0 Å². The fraction of sp³-hybridized carbons (Fsp3) is 0.0500. The maximum atomic E-state index is 12.0. The first-order valence-electron chi connectivity index (χ1n) is 7.35. The highest BCUT2D eigenvalue weighted by Gasteiger charge is 2.22. The van der Waals surface area contributed by atoms with E-state index in [2.05, 4.69) is 54.6 Å². The van der Waals surface area contributed by atoms with Gasteiger partial charge in [0, 0.05) is 5.56 Å². The van der Waals surface area contributed by atoms with Crippen LogP contribution >= 0.6 is 0 Å². The van der Waals surface area contributed by atoms with Crippen molar-refractivity contribution in [1.82, 2.24) is 0 Å². The fourth-order valence-corrected chi connectivity index (χ4v) is 5.49. The standard InChI is InChI=1S/C20H17OSi/c1-16(21)19-14-8-9-15-20(19)22(17-10-4-2-5-11-17)18-12-6-3-7-13-18/h2-15H,1H3. The molecular formula is C20H17OSi. The molecular weight excluding hydrogens is 284 g/mol. The highest BCUT2D eigenvalue weighted by Crippen LogP contribution is 2.02. The average molecular weight is 301 g/mol. The summed E-state index contributed by atoms with van der Waals surface area (Å²) in [5, 5.41) is 3.76. The molecule has 0 amide bonds. The minimum absolute atomic E-state index is 0.130. The lowest BCUT2D eigenvalue weighted by Gasteiger charge is -2.19. The molecule has 0 heterocycles. The maximum Gasteiger partial charge on any atom is 0.159 e. The monoisotopic (exact) mass is 301 g/mol. The van der Waals surface area contributed by atoms with Crippen molar-refractivity contribution in [2.75, 3.05) is 0 Å². The van der Waals surface area contributed by atoms with Gasteiger partial charge in [0.25, 0.3) is 0 Å². The number of carbonyl (C=O) groups excluding carboxylic acids is 1. The summed E-state index contributed by atoms with van der Waals surface area (Å²) in [7, 11) is -1.17. The Balaban J connectivity index is 2.21. The highest BCUT2D eigenvalue weighted by atomic mass is 28.3. The van der Waals surface area contributed by atoms with Gasteiger partial charge in [0.2, 0.25) is 0 Å². The van der Waals surface area contributed by atoms with E-state index in [1.54, 1.807) is 6.92 Å². The van der Waals surface area contributed by atoms with Gasteiger partial charge in [-0.3, -0.25) is 4.79 Å². The second kappa shape index (κ2) is 6.54. The molecule has 2 heteroatoms. The van der Waals surface area contributed by atoms with E-state index in [-0.39, 0.29) is 5.78 Å². The van der Waals surface area contributed by atoms with Crippen molar-refractivity contribution in [3.05, 3.63) is 90.5 Å². The van der Waals surface area contributed by atoms with Gasteiger partial charge in [-0.15, -0.1) is 0 Å². The van der Waals surface area contributed by atoms with Gasteiger partial charge in [-0.05, 0) is 12.1 Å². The van der Waals surface area contributed by atoms with Crippen molar-refractivity contribution in [1.29, 1.82) is 0 Å². The molecule has 22 heavy (non-hydrogen) atoms. The Morgan fingerprint density at radius 1 is 0.682 bits per heavy atom. The second-order valence-corrected chi connectivity index (χ2v) is 7.65. The molecule has 1 nitrogen and oxygen atoms in total. The van der Waals surface area contributed by atoms with Crippen LogP contribution in [0.4, 0.5) is 0 Å². The van der Waals surface area contributed by atoms with Crippen molar-refractivity contribution in [3.63, 3.8) is 0 Å². The number of Topliss-reactive ketones (excluding diaryl/α,β-unsaturated/α-hetero) is 1. The summed E-state index contributed by atoms with van der Waals surface area (Å²) in [6.07, 6.45) is 0. The molecule has 0 saturated carbocycles. The lowest BCUT2D eigenvalue weighted by molar-refractivity contribution is 0.101. The zero-order valence-electron chi connectivity index (χ0n) is 12.5. The molecule has 3 aromatic carbocycles. The van der Waals surface area contributed by atoms with Crippen molar-refractivity contribution >= 4 is 30.1 Å². The SMILES string of the molecule is CC(=O)c1ccccc1[Si](c1ccccc1)c1ccccc1. The van der Waals surface area contributed by atoms with Crippen LogP contribution in [0.2, 0.25) is 0 Å². The fourth-order valence-electron chi connectivity index (χ4n) is 2.70. The van der Waals surface area contributed by atoms with Crippen LogP contribution in [0.3, 0.4) is 0 Å². The topological polar surface area (TPSA) is 17.1 Å². The van der Waals surface area contributed by atoms with E-state index in [0.717, 1.165) is 10.8 Å². The summed E-state index contributed by atoms with van der Waals surface area (Å²) < 4.78 is 0. The molecule has 0 aromatic heterocycles. The molecule has 107 valence electrons. The normalized spacial score (nSPS) is 10.6. The van der Waals surface area contributed by atoms with E-state index in [1.165, 1.54) is 10.4 Å². The van der Waals surface area contributed by atoms with Crippen molar-refractivity contribution in [3.8, 4) is 0 Å². The first-order chi connectivity index (χ1) is 10.8. The minimum atomic E-state index is -1.17. The summed E-state index contributed by atoms with van der Waals surface area (Å²) in [5.41, 5.74) is 0.837. The third kappa shape index (κ3) is 2.92. The van der Waals surface area contributed by atoms with E-state index in [1.807, 2.05) is 30.3 Å². The van der Waals surface area contributed by atoms with Crippen LogP contribution in [0.25, 0.3) is 0 Å². The smallest absolute Gasteiger partial charge is 0.159 e. The number of ketones is 1. The van der Waals surface area contributed by atoms with Crippen LogP contribution in [0, 0.1) is 0 Å². The molecule has 1 radical (unpaired) electrons. The molecule has 3 rings (SSSR count). The van der Waals surface area contributed by atoms with Gasteiger partial charge in [-0.25, -0.2) is 0 Å². The summed E-state index contributed by atoms with van der Waals surface area (Å²) in [4.78, 5) is 12.0. The summed E-state index contributed by atoms with van der Waals surface area (Å²) in [6, 6.07) is 29.0. The Hall–Kier alpha value is -2.45. The summed E-state index contributed by atoms with van der Waals surface area (Å²) in [5.74, 6) is 0.130. The van der Waals surface area contributed by atoms with Crippen molar-refractivity contribution in [2.24, 2.45) is 0 Å². The lowest BCUT2D eigenvalue weighted by atomic mass is 10.1. The Kier molecular flexibility index (Phi) is 4.31. The average Bonchev–Trinajstić information content (AvgIpc) is 2.57. The molecule has 0 fully saturated rings. The molecule has 0 spiro atoms. The molecule has 0 aliphatic rings. The Labute approximate surface area is 132 Å². The van der Waals surface area contributed by atoms with Crippen molar-refractivity contribution in [2.45, 2.75) is 6.92 Å². The molecule has 0 aliphatic carbocycles. The van der Waals surface area contributed by atoms with E-state index in [9.17, 15) is 4.79 Å². The third-order valence-electron chi connectivity index (χ3n) is 3.70. The Morgan fingerprint density at radius 2 is 1.14 bits per heavy atom. The predicted octanol–water partition coefficient (Wildman–Crippen LogP) is 2.41. The van der Waals surface area contributed by atoms with E-state index < -0.39 is 8.80 Å². The van der Waals surface area contributed by atoms with Gasteiger partial charge < -0.3 is 0 Å². The minimum Gasteiger partial charge on any atom is -0.295 e. The van der Waals surface area contributed by atoms with E-state index in [0.29, 0.717) is 0 Å². The van der Waals surface area contributed by atoms with Crippen LogP contribution in [0.15, 0.2) is 84.9 Å². The quantitative estimate of drug-likeness (QED) is 0.411. The van der Waals surface area contributed by atoms with Crippen LogP contribution in [-0.2, 0) is 0 Å². The van der Waals surface area contributed by atoms with Crippen LogP contribution in [0.1, 0.15) is 17.3 Å². The van der Waals surface area contributed by atoms with Crippen LogP contribution < -0.4 is 15.6 Å². The van der Waals surface area contributed by atoms with Gasteiger partial charge in [0.1, 0.15) is 0 Å². The predicted molar refractivity (Wildman–Crippen MR) is 94.0 cm³/mol. The highest BCUT2D eigenvalue weighted by molar-refractivity contribution is 6.96. The summed E-state index contributed by atoms with van der Waals surface area (Å²) >= 11 is 0. The number of benzene rings is 3. The second-order valence-electron chi connectivity index (χ2n) is 5.21. The van der Waals surface area contributed by atoms with Crippen LogP contribution in [0.5, 0.6) is 0 Å². The molecule has 3 aromatic rings. The zero-order chi connectivity index (χ0) is 15.4. The van der Waals surface area contributed by atoms with Gasteiger partial charge in [-0.1, -0.05) is 95.3 Å². The summed E-state index contributed by atoms with van der Waals surface area (Å²) in [6.45, 7) is 1.65. The molecule has 0 aliphatic heterocycles. The van der Waals surface area contributed by atoms with Crippen molar-refractivity contribution < 1.29 is 4.79 Å². The van der Waals surface area contributed by atoms with Gasteiger partial charge >= 0.3 is 0 Å². The van der Waals surface area contributed by atoms with Gasteiger partial charge in [0.15, 0.2) is 14.6 Å². The third-order valence-corrected chi connectivity index (χ3v) is 6.50. The molecule has 0 saturated heterocycles. The lowest BCUT2D eigenvalue weighted by Crippen LogP contribution is -2.53. The molecule has 0 N–H and O–H groups in total. The first-order valence-corrected chi connectivity index (χ1v) is 8.85.